The lowest BCUT2D eigenvalue weighted by Gasteiger charge is -2.15. The van der Waals surface area contributed by atoms with Crippen LogP contribution in [0.15, 0.2) is 0 Å². The second-order valence-corrected chi connectivity index (χ2v) is 11.5. The van der Waals surface area contributed by atoms with Gasteiger partial charge in [0.2, 0.25) is 0 Å². The maximum absolute atomic E-state index is 6.24. The third-order valence-electron chi connectivity index (χ3n) is 2.07. The van der Waals surface area contributed by atoms with Crippen molar-refractivity contribution in [3.8, 4) is 0 Å². The maximum atomic E-state index is 6.24. The molecule has 0 radical (unpaired) electrons. The molecule has 0 spiro atoms. The van der Waals surface area contributed by atoms with Gasteiger partial charge in [-0.15, -0.1) is 33.8 Å². The van der Waals surface area contributed by atoms with E-state index in [2.05, 4.69) is 6.92 Å². The molecule has 0 aromatic heterocycles. The maximum Gasteiger partial charge on any atom is 0.251 e. The lowest BCUT2D eigenvalue weighted by atomic mass is 10.2. The van der Waals surface area contributed by atoms with Crippen LogP contribution in [-0.2, 0) is 0 Å². The van der Waals surface area contributed by atoms with Gasteiger partial charge in [0.15, 0.2) is 0 Å². The summed E-state index contributed by atoms with van der Waals surface area (Å²) >= 11 is 18.1. The minimum Gasteiger partial charge on any atom is -0.146 e. The van der Waals surface area contributed by atoms with Crippen LogP contribution in [-0.4, -0.2) is 12.6 Å². The predicted molar refractivity (Wildman–Crippen MR) is 66.6 cm³/mol. The Morgan fingerprint density at radius 2 is 1.54 bits per heavy atom. The molecule has 0 heterocycles. The van der Waals surface area contributed by atoms with E-state index >= 15 is 0 Å². The Morgan fingerprint density at radius 1 is 0.923 bits per heavy atom. The average molecular weight is 262 g/mol. The second-order valence-electron chi connectivity index (χ2n) is 3.46. The van der Waals surface area contributed by atoms with Gasteiger partial charge in [0, 0.05) is 5.88 Å². The summed E-state index contributed by atoms with van der Waals surface area (Å²) < 4.78 is 0. The molecular formula is C9H19Cl3Si. The fourth-order valence-electron chi connectivity index (χ4n) is 1.26. The van der Waals surface area contributed by atoms with Crippen LogP contribution in [0.1, 0.15) is 39.0 Å². The number of hydrogen-bond donors (Lipinski definition) is 0. The minimum absolute atomic E-state index is 0.684. The normalized spacial score (nSPS) is 12.0. The molecule has 0 saturated heterocycles. The van der Waals surface area contributed by atoms with Gasteiger partial charge in [0.1, 0.15) is 0 Å². The first-order valence-electron chi connectivity index (χ1n) is 5.06. The SMILES string of the molecule is CCCCCC[Si](Cl)(Cl)CCCCl. The number of hydrogen-bond acceptors (Lipinski definition) is 0. The predicted octanol–water partition coefficient (Wildman–Crippen LogP) is 5.12. The van der Waals surface area contributed by atoms with Gasteiger partial charge in [0.25, 0.3) is 6.69 Å². The van der Waals surface area contributed by atoms with E-state index < -0.39 is 6.69 Å². The molecule has 0 amide bonds. The van der Waals surface area contributed by atoms with Crippen molar-refractivity contribution < 1.29 is 0 Å². The van der Waals surface area contributed by atoms with Gasteiger partial charge in [-0.3, -0.25) is 0 Å². The van der Waals surface area contributed by atoms with E-state index in [-0.39, 0.29) is 0 Å². The van der Waals surface area contributed by atoms with Crippen LogP contribution in [0.2, 0.25) is 12.1 Å². The van der Waals surface area contributed by atoms with Crippen LogP contribution in [0.25, 0.3) is 0 Å². The van der Waals surface area contributed by atoms with Gasteiger partial charge >= 0.3 is 0 Å². The lowest BCUT2D eigenvalue weighted by Crippen LogP contribution is -2.18. The van der Waals surface area contributed by atoms with Gasteiger partial charge in [-0.1, -0.05) is 32.6 Å². The number of rotatable bonds is 8. The monoisotopic (exact) mass is 260 g/mol. The minimum atomic E-state index is -1.91. The molecule has 0 N–H and O–H groups in total. The van der Waals surface area contributed by atoms with E-state index in [0.717, 1.165) is 18.5 Å². The highest BCUT2D eigenvalue weighted by Gasteiger charge is 2.26. The molecule has 0 nitrogen and oxygen atoms in total. The summed E-state index contributed by atoms with van der Waals surface area (Å²) in [5.41, 5.74) is 0. The van der Waals surface area contributed by atoms with E-state index in [1.807, 2.05) is 0 Å². The first-order chi connectivity index (χ1) is 6.12. The Hall–Kier alpha value is 1.09. The molecule has 4 heteroatoms. The molecule has 0 bridgehead atoms. The lowest BCUT2D eigenvalue weighted by molar-refractivity contribution is 0.698. The molecule has 0 saturated carbocycles. The Labute approximate surface area is 97.4 Å². The molecule has 80 valence electrons. The quantitative estimate of drug-likeness (QED) is 0.246. The van der Waals surface area contributed by atoms with Crippen LogP contribution in [0.3, 0.4) is 0 Å². The highest BCUT2D eigenvalue weighted by molar-refractivity contribution is 7.45. The van der Waals surface area contributed by atoms with Gasteiger partial charge in [-0.2, -0.15) is 0 Å². The van der Waals surface area contributed by atoms with Crippen molar-refractivity contribution in [2.24, 2.45) is 0 Å². The van der Waals surface area contributed by atoms with Crippen molar-refractivity contribution in [1.29, 1.82) is 0 Å². The Balaban J connectivity index is 3.39. The molecule has 0 aliphatic heterocycles. The second kappa shape index (κ2) is 8.40. The van der Waals surface area contributed by atoms with Crippen molar-refractivity contribution >= 4 is 40.5 Å². The summed E-state index contributed by atoms with van der Waals surface area (Å²) in [5, 5.41) is 0. The standard InChI is InChI=1S/C9H19Cl3Si/c1-2-3-4-5-8-13(11,12)9-6-7-10/h2-9H2,1H3. The number of unbranched alkanes of at least 4 members (excludes halogenated alkanes) is 3. The summed E-state index contributed by atoms with van der Waals surface area (Å²) in [5.74, 6) is 0.684. The Morgan fingerprint density at radius 3 is 2.08 bits per heavy atom. The van der Waals surface area contributed by atoms with Crippen molar-refractivity contribution in [3.05, 3.63) is 0 Å². The van der Waals surface area contributed by atoms with Crippen LogP contribution < -0.4 is 0 Å². The van der Waals surface area contributed by atoms with Crippen LogP contribution in [0, 0.1) is 0 Å². The number of alkyl halides is 1. The summed E-state index contributed by atoms with van der Waals surface area (Å²) in [7, 11) is 0. The van der Waals surface area contributed by atoms with Crippen molar-refractivity contribution in [3.63, 3.8) is 0 Å². The topological polar surface area (TPSA) is 0 Å². The molecule has 13 heavy (non-hydrogen) atoms. The molecule has 0 fully saturated rings. The molecule has 0 aliphatic rings. The van der Waals surface area contributed by atoms with Crippen LogP contribution in [0.5, 0.6) is 0 Å². The fraction of sp³-hybridized carbons (Fsp3) is 1.00. The number of halogens is 3. The first-order valence-corrected chi connectivity index (χ1v) is 10.0. The van der Waals surface area contributed by atoms with Crippen LogP contribution in [0.4, 0.5) is 0 Å². The smallest absolute Gasteiger partial charge is 0.146 e. The summed E-state index contributed by atoms with van der Waals surface area (Å²) in [6.45, 7) is 0.294. The third kappa shape index (κ3) is 9.39. The zero-order chi connectivity index (χ0) is 10.2. The third-order valence-corrected chi connectivity index (χ3v) is 6.78. The van der Waals surface area contributed by atoms with E-state index in [4.69, 9.17) is 33.8 Å². The zero-order valence-electron chi connectivity index (χ0n) is 8.29. The fourth-order valence-corrected chi connectivity index (χ4v) is 4.93. The molecule has 0 aromatic rings. The van der Waals surface area contributed by atoms with Gasteiger partial charge in [-0.05, 0) is 18.5 Å². The molecule has 0 atom stereocenters. The van der Waals surface area contributed by atoms with E-state index in [9.17, 15) is 0 Å². The van der Waals surface area contributed by atoms with E-state index in [0.29, 0.717) is 5.88 Å². The van der Waals surface area contributed by atoms with E-state index in [1.54, 1.807) is 0 Å². The molecule has 0 rings (SSSR count). The highest BCUT2D eigenvalue weighted by Crippen LogP contribution is 2.29. The average Bonchev–Trinajstić information content (AvgIpc) is 2.09. The van der Waals surface area contributed by atoms with Crippen molar-refractivity contribution in [2.75, 3.05) is 5.88 Å². The van der Waals surface area contributed by atoms with Crippen molar-refractivity contribution in [2.45, 2.75) is 51.1 Å². The molecule has 0 unspecified atom stereocenters. The molecule has 0 aromatic carbocycles. The highest BCUT2D eigenvalue weighted by atomic mass is 35.7. The van der Waals surface area contributed by atoms with Crippen LogP contribution >= 0.6 is 33.8 Å². The summed E-state index contributed by atoms with van der Waals surface area (Å²) in [6, 6.07) is 1.98. The van der Waals surface area contributed by atoms with E-state index in [1.165, 1.54) is 25.7 Å². The van der Waals surface area contributed by atoms with Gasteiger partial charge in [-0.25, -0.2) is 0 Å². The first kappa shape index (κ1) is 14.1. The summed E-state index contributed by atoms with van der Waals surface area (Å²) in [4.78, 5) is 0. The Kier molecular flexibility index (Phi) is 9.10. The summed E-state index contributed by atoms with van der Waals surface area (Å²) in [6.07, 6.45) is 5.99. The Bertz CT molecular complexity index is 117. The van der Waals surface area contributed by atoms with Crippen molar-refractivity contribution in [1.82, 2.24) is 0 Å². The molecule has 0 aliphatic carbocycles. The zero-order valence-corrected chi connectivity index (χ0v) is 11.6. The van der Waals surface area contributed by atoms with Gasteiger partial charge in [0.05, 0.1) is 0 Å². The molecular weight excluding hydrogens is 243 g/mol. The largest absolute Gasteiger partial charge is 0.251 e. The van der Waals surface area contributed by atoms with Gasteiger partial charge < -0.3 is 0 Å².